The standard InChI is InChI=1S/C13H18ClNO/c1-15(2)12-8-4-3-7-11(12)13(16)9-5-6-10-14/h3-4,7-8H,5-6,9-10H2,1-2H3. The second-order valence-corrected chi connectivity index (χ2v) is 4.36. The summed E-state index contributed by atoms with van der Waals surface area (Å²) in [7, 11) is 3.90. The molecule has 0 saturated carbocycles. The zero-order valence-corrected chi connectivity index (χ0v) is 10.6. The number of Topliss-reactive ketones (excluding diaryl/α,β-unsaturated/α-hetero) is 1. The maximum Gasteiger partial charge on any atom is 0.164 e. The zero-order chi connectivity index (χ0) is 12.0. The van der Waals surface area contributed by atoms with Crippen molar-refractivity contribution >= 4 is 23.1 Å². The number of hydrogen-bond donors (Lipinski definition) is 0. The first kappa shape index (κ1) is 13.0. The molecule has 0 spiro atoms. The van der Waals surface area contributed by atoms with Crippen molar-refractivity contribution in [3.8, 4) is 0 Å². The SMILES string of the molecule is CN(C)c1ccccc1C(=O)CCCCCl. The molecule has 0 bridgehead atoms. The zero-order valence-electron chi connectivity index (χ0n) is 9.87. The van der Waals surface area contributed by atoms with Crippen LogP contribution in [0.4, 0.5) is 5.69 Å². The Morgan fingerprint density at radius 3 is 2.56 bits per heavy atom. The van der Waals surface area contributed by atoms with Crippen LogP contribution in [0.15, 0.2) is 24.3 Å². The molecule has 1 rings (SSSR count). The maximum atomic E-state index is 12.0. The molecule has 0 heterocycles. The number of hydrogen-bond acceptors (Lipinski definition) is 2. The molecule has 0 aliphatic rings. The van der Waals surface area contributed by atoms with Gasteiger partial charge in [-0.1, -0.05) is 12.1 Å². The molecule has 88 valence electrons. The van der Waals surface area contributed by atoms with Gasteiger partial charge in [-0.25, -0.2) is 0 Å². The van der Waals surface area contributed by atoms with Gasteiger partial charge in [0.2, 0.25) is 0 Å². The van der Waals surface area contributed by atoms with Crippen molar-refractivity contribution in [1.29, 1.82) is 0 Å². The fourth-order valence-electron chi connectivity index (χ4n) is 1.61. The van der Waals surface area contributed by atoms with Crippen LogP contribution in [-0.2, 0) is 0 Å². The lowest BCUT2D eigenvalue weighted by Crippen LogP contribution is -2.13. The van der Waals surface area contributed by atoms with Crippen molar-refractivity contribution < 1.29 is 4.79 Å². The summed E-state index contributed by atoms with van der Waals surface area (Å²) in [6, 6.07) is 7.71. The average Bonchev–Trinajstić information content (AvgIpc) is 2.29. The minimum atomic E-state index is 0.203. The van der Waals surface area contributed by atoms with Gasteiger partial charge in [0.1, 0.15) is 0 Å². The number of para-hydroxylation sites is 1. The lowest BCUT2D eigenvalue weighted by Gasteiger charge is -2.16. The largest absolute Gasteiger partial charge is 0.377 e. The number of rotatable bonds is 6. The lowest BCUT2D eigenvalue weighted by molar-refractivity contribution is 0.0980. The highest BCUT2D eigenvalue weighted by atomic mass is 35.5. The van der Waals surface area contributed by atoms with Gasteiger partial charge in [0.25, 0.3) is 0 Å². The normalized spacial score (nSPS) is 10.2. The second-order valence-electron chi connectivity index (χ2n) is 3.98. The van der Waals surface area contributed by atoms with Gasteiger partial charge in [-0.3, -0.25) is 4.79 Å². The maximum absolute atomic E-state index is 12.0. The van der Waals surface area contributed by atoms with Crippen LogP contribution < -0.4 is 4.90 Å². The van der Waals surface area contributed by atoms with E-state index in [1.54, 1.807) is 0 Å². The van der Waals surface area contributed by atoms with Gasteiger partial charge in [0, 0.05) is 37.6 Å². The molecule has 0 amide bonds. The minimum Gasteiger partial charge on any atom is -0.377 e. The van der Waals surface area contributed by atoms with Crippen molar-refractivity contribution in [2.45, 2.75) is 19.3 Å². The topological polar surface area (TPSA) is 20.3 Å². The molecule has 1 aromatic carbocycles. The number of carbonyl (C=O) groups is 1. The Kier molecular flexibility index (Phi) is 5.33. The Morgan fingerprint density at radius 2 is 1.94 bits per heavy atom. The Bertz CT molecular complexity index is 350. The monoisotopic (exact) mass is 239 g/mol. The third-order valence-electron chi connectivity index (χ3n) is 2.47. The quantitative estimate of drug-likeness (QED) is 0.431. The highest BCUT2D eigenvalue weighted by Gasteiger charge is 2.11. The van der Waals surface area contributed by atoms with Crippen LogP contribution in [0.5, 0.6) is 0 Å². The summed E-state index contributed by atoms with van der Waals surface area (Å²) in [4.78, 5) is 13.9. The van der Waals surface area contributed by atoms with Gasteiger partial charge in [0.15, 0.2) is 5.78 Å². The summed E-state index contributed by atoms with van der Waals surface area (Å²) in [5.41, 5.74) is 1.79. The predicted octanol–water partition coefficient (Wildman–Crippen LogP) is 3.34. The van der Waals surface area contributed by atoms with E-state index in [0.29, 0.717) is 12.3 Å². The van der Waals surface area contributed by atoms with E-state index in [1.165, 1.54) is 0 Å². The van der Waals surface area contributed by atoms with Crippen molar-refractivity contribution in [3.05, 3.63) is 29.8 Å². The number of ketones is 1. The van der Waals surface area contributed by atoms with Gasteiger partial charge >= 0.3 is 0 Å². The van der Waals surface area contributed by atoms with E-state index >= 15 is 0 Å². The molecule has 0 N–H and O–H groups in total. The third kappa shape index (κ3) is 3.53. The van der Waals surface area contributed by atoms with E-state index in [0.717, 1.165) is 24.1 Å². The van der Waals surface area contributed by atoms with E-state index in [2.05, 4.69) is 0 Å². The summed E-state index contributed by atoms with van der Waals surface area (Å²) in [6.07, 6.45) is 2.35. The lowest BCUT2D eigenvalue weighted by atomic mass is 10.0. The van der Waals surface area contributed by atoms with Crippen molar-refractivity contribution in [2.75, 3.05) is 24.9 Å². The van der Waals surface area contributed by atoms with Gasteiger partial charge in [0.05, 0.1) is 0 Å². The Morgan fingerprint density at radius 1 is 1.25 bits per heavy atom. The van der Waals surface area contributed by atoms with Crippen LogP contribution in [0.1, 0.15) is 29.6 Å². The summed E-state index contributed by atoms with van der Waals surface area (Å²) in [5, 5.41) is 0. The molecule has 2 nitrogen and oxygen atoms in total. The highest BCUT2D eigenvalue weighted by Crippen LogP contribution is 2.20. The summed E-state index contributed by atoms with van der Waals surface area (Å²) in [6.45, 7) is 0. The van der Waals surface area contributed by atoms with Crippen molar-refractivity contribution in [1.82, 2.24) is 0 Å². The molecule has 0 aromatic heterocycles. The molecule has 0 radical (unpaired) electrons. The fourth-order valence-corrected chi connectivity index (χ4v) is 1.80. The van der Waals surface area contributed by atoms with Gasteiger partial charge in [-0.2, -0.15) is 0 Å². The molecular weight excluding hydrogens is 222 g/mol. The fraction of sp³-hybridized carbons (Fsp3) is 0.462. The third-order valence-corrected chi connectivity index (χ3v) is 2.74. The molecule has 1 aromatic rings. The summed E-state index contributed by atoms with van der Waals surface area (Å²) >= 11 is 5.59. The van der Waals surface area contributed by atoms with Crippen molar-refractivity contribution in [3.63, 3.8) is 0 Å². The molecule has 0 unspecified atom stereocenters. The van der Waals surface area contributed by atoms with Crippen LogP contribution in [0.2, 0.25) is 0 Å². The predicted molar refractivity (Wildman–Crippen MR) is 69.7 cm³/mol. The minimum absolute atomic E-state index is 0.203. The van der Waals surface area contributed by atoms with Crippen LogP contribution >= 0.6 is 11.6 Å². The van der Waals surface area contributed by atoms with Crippen LogP contribution in [0.3, 0.4) is 0 Å². The molecule has 0 atom stereocenters. The van der Waals surface area contributed by atoms with Crippen LogP contribution in [0, 0.1) is 0 Å². The number of alkyl halides is 1. The first-order valence-electron chi connectivity index (χ1n) is 5.52. The first-order valence-corrected chi connectivity index (χ1v) is 6.05. The first-order chi connectivity index (χ1) is 7.66. The van der Waals surface area contributed by atoms with Gasteiger partial charge in [-0.15, -0.1) is 11.6 Å². The number of nitrogens with zero attached hydrogens (tertiary/aromatic N) is 1. The number of anilines is 1. The van der Waals surface area contributed by atoms with E-state index in [4.69, 9.17) is 11.6 Å². The highest BCUT2D eigenvalue weighted by molar-refractivity contribution is 6.17. The van der Waals surface area contributed by atoms with Gasteiger partial charge < -0.3 is 4.90 Å². The molecule has 16 heavy (non-hydrogen) atoms. The molecule has 0 fully saturated rings. The van der Waals surface area contributed by atoms with E-state index in [9.17, 15) is 4.79 Å². The molecule has 0 aliphatic heterocycles. The molecular formula is C13H18ClNO. The summed E-state index contributed by atoms with van der Waals surface area (Å²) in [5.74, 6) is 0.831. The molecule has 0 saturated heterocycles. The average molecular weight is 240 g/mol. The van der Waals surface area contributed by atoms with Gasteiger partial charge in [-0.05, 0) is 25.0 Å². The Balaban J connectivity index is 2.74. The number of benzene rings is 1. The smallest absolute Gasteiger partial charge is 0.164 e. The van der Waals surface area contributed by atoms with E-state index < -0.39 is 0 Å². The molecule has 0 aliphatic carbocycles. The van der Waals surface area contributed by atoms with E-state index in [1.807, 2.05) is 43.3 Å². The summed E-state index contributed by atoms with van der Waals surface area (Å²) < 4.78 is 0. The van der Waals surface area contributed by atoms with Crippen LogP contribution in [0.25, 0.3) is 0 Å². The van der Waals surface area contributed by atoms with Crippen molar-refractivity contribution in [2.24, 2.45) is 0 Å². The molecule has 3 heteroatoms. The number of halogens is 1. The van der Waals surface area contributed by atoms with E-state index in [-0.39, 0.29) is 5.78 Å². The Hall–Kier alpha value is -1.02. The number of carbonyl (C=O) groups excluding carboxylic acids is 1. The second kappa shape index (κ2) is 6.54. The Labute approximate surface area is 102 Å². The van der Waals surface area contributed by atoms with Crippen LogP contribution in [-0.4, -0.2) is 25.8 Å². The number of unbranched alkanes of at least 4 members (excludes halogenated alkanes) is 1.